The Morgan fingerprint density at radius 3 is 2.83 bits per heavy atom. The van der Waals surface area contributed by atoms with Crippen LogP contribution in [0.2, 0.25) is 5.02 Å². The maximum Gasteiger partial charge on any atom is 0.222 e. The highest BCUT2D eigenvalue weighted by molar-refractivity contribution is 6.32. The average molecular weight is 415 g/mol. The van der Waals surface area contributed by atoms with Crippen LogP contribution in [0.3, 0.4) is 0 Å². The summed E-state index contributed by atoms with van der Waals surface area (Å²) in [4.78, 5) is 26.6. The number of nitrogens with one attached hydrogen (secondary N) is 1. The maximum absolute atomic E-state index is 12.7. The smallest absolute Gasteiger partial charge is 0.222 e. The Hall–Kier alpha value is -2.73. The molecule has 0 aliphatic carbocycles. The number of carbonyl (C=O) groups excluding carboxylic acids is 2. The van der Waals surface area contributed by atoms with E-state index >= 15 is 0 Å². The summed E-state index contributed by atoms with van der Waals surface area (Å²) in [5.74, 6) is 1.00. The van der Waals surface area contributed by atoms with Gasteiger partial charge in [-0.2, -0.15) is 0 Å². The lowest BCUT2D eigenvalue weighted by atomic mass is 9.90. The van der Waals surface area contributed by atoms with E-state index in [1.165, 1.54) is 5.56 Å². The van der Waals surface area contributed by atoms with Crippen molar-refractivity contribution in [2.75, 3.05) is 19.8 Å². The SMILES string of the molecule is CC(=O)N1CCc2ccccc2C1CC(=O)NCc1cc(Cl)c2c(c1)OCCO2. The molecule has 2 aliphatic rings. The quantitative estimate of drug-likeness (QED) is 0.833. The van der Waals surface area contributed by atoms with Gasteiger partial charge >= 0.3 is 0 Å². The summed E-state index contributed by atoms with van der Waals surface area (Å²) in [6.07, 6.45) is 1.03. The van der Waals surface area contributed by atoms with Gasteiger partial charge in [-0.1, -0.05) is 35.9 Å². The van der Waals surface area contributed by atoms with E-state index in [-0.39, 0.29) is 24.3 Å². The van der Waals surface area contributed by atoms with Crippen molar-refractivity contribution in [2.45, 2.75) is 32.4 Å². The van der Waals surface area contributed by atoms with Crippen LogP contribution in [0, 0.1) is 0 Å². The minimum Gasteiger partial charge on any atom is -0.486 e. The molecule has 0 spiro atoms. The summed E-state index contributed by atoms with van der Waals surface area (Å²) >= 11 is 6.27. The Balaban J connectivity index is 1.45. The number of hydrogen-bond acceptors (Lipinski definition) is 4. The van der Waals surface area contributed by atoms with Crippen molar-refractivity contribution < 1.29 is 19.1 Å². The molecule has 0 saturated carbocycles. The Labute approximate surface area is 174 Å². The van der Waals surface area contributed by atoms with Crippen LogP contribution in [0.25, 0.3) is 0 Å². The van der Waals surface area contributed by atoms with Crippen LogP contribution >= 0.6 is 11.6 Å². The highest BCUT2D eigenvalue weighted by atomic mass is 35.5. The standard InChI is InChI=1S/C22H23ClN2O4/c1-14(26)25-7-6-16-4-2-3-5-17(16)19(25)12-21(27)24-13-15-10-18(23)22-20(11-15)28-8-9-29-22/h2-5,10-11,19H,6-9,12-13H2,1H3,(H,24,27). The fourth-order valence-corrected chi connectivity index (χ4v) is 4.25. The second-order valence-electron chi connectivity index (χ2n) is 7.26. The number of hydrogen-bond donors (Lipinski definition) is 1. The van der Waals surface area contributed by atoms with Crippen LogP contribution in [0.1, 0.15) is 36.1 Å². The first-order chi connectivity index (χ1) is 14.0. The minimum atomic E-state index is -0.249. The largest absolute Gasteiger partial charge is 0.486 e. The molecule has 152 valence electrons. The molecule has 2 aliphatic heterocycles. The lowest BCUT2D eigenvalue weighted by molar-refractivity contribution is -0.133. The molecule has 2 aromatic rings. The second-order valence-corrected chi connectivity index (χ2v) is 7.67. The number of rotatable bonds is 4. The molecule has 0 radical (unpaired) electrons. The summed E-state index contributed by atoms with van der Waals surface area (Å²) in [7, 11) is 0. The molecule has 6 nitrogen and oxygen atoms in total. The van der Waals surface area contributed by atoms with Gasteiger partial charge in [-0.05, 0) is 35.2 Å². The normalized spacial score (nSPS) is 17.4. The third kappa shape index (κ3) is 4.17. The maximum atomic E-state index is 12.7. The van der Waals surface area contributed by atoms with Gasteiger partial charge in [-0.15, -0.1) is 0 Å². The highest BCUT2D eigenvalue weighted by Gasteiger charge is 2.30. The molecular formula is C22H23ClN2O4. The molecule has 0 saturated heterocycles. The molecule has 2 amide bonds. The van der Waals surface area contributed by atoms with Crippen molar-refractivity contribution in [1.29, 1.82) is 0 Å². The molecule has 0 aromatic heterocycles. The van der Waals surface area contributed by atoms with E-state index in [0.717, 1.165) is 17.5 Å². The van der Waals surface area contributed by atoms with Gasteiger partial charge in [0, 0.05) is 20.0 Å². The van der Waals surface area contributed by atoms with Crippen LogP contribution in [0.15, 0.2) is 36.4 Å². The van der Waals surface area contributed by atoms with Gasteiger partial charge in [-0.3, -0.25) is 9.59 Å². The van der Waals surface area contributed by atoms with E-state index in [2.05, 4.69) is 11.4 Å². The molecule has 4 rings (SSSR count). The number of halogens is 1. The zero-order valence-corrected chi connectivity index (χ0v) is 17.0. The van der Waals surface area contributed by atoms with Crippen molar-refractivity contribution in [3.8, 4) is 11.5 Å². The van der Waals surface area contributed by atoms with Crippen LogP contribution in [-0.4, -0.2) is 36.5 Å². The predicted octanol–water partition coefficient (Wildman–Crippen LogP) is 3.26. The minimum absolute atomic E-state index is 0.0177. The van der Waals surface area contributed by atoms with Gasteiger partial charge in [0.1, 0.15) is 13.2 Å². The van der Waals surface area contributed by atoms with Crippen molar-refractivity contribution >= 4 is 23.4 Å². The first kappa shape index (κ1) is 19.6. The molecule has 1 atom stereocenters. The van der Waals surface area contributed by atoms with E-state index < -0.39 is 0 Å². The fourth-order valence-electron chi connectivity index (χ4n) is 3.96. The van der Waals surface area contributed by atoms with Gasteiger partial charge in [0.05, 0.1) is 17.5 Å². The predicted molar refractivity (Wildman–Crippen MR) is 109 cm³/mol. The van der Waals surface area contributed by atoms with Gasteiger partial charge in [0.15, 0.2) is 11.5 Å². The lowest BCUT2D eigenvalue weighted by Crippen LogP contribution is -2.41. The van der Waals surface area contributed by atoms with E-state index in [0.29, 0.717) is 42.8 Å². The molecule has 1 unspecified atom stereocenters. The monoisotopic (exact) mass is 414 g/mol. The van der Waals surface area contributed by atoms with Gasteiger partial charge in [0.25, 0.3) is 0 Å². The molecule has 2 heterocycles. The molecule has 7 heteroatoms. The van der Waals surface area contributed by atoms with Crippen molar-refractivity contribution in [2.24, 2.45) is 0 Å². The molecule has 0 fully saturated rings. The van der Waals surface area contributed by atoms with Crippen LogP contribution in [0.5, 0.6) is 11.5 Å². The lowest BCUT2D eigenvalue weighted by Gasteiger charge is -2.36. The molecule has 2 aromatic carbocycles. The Bertz CT molecular complexity index is 946. The average Bonchev–Trinajstić information content (AvgIpc) is 2.72. The molecule has 0 bridgehead atoms. The van der Waals surface area contributed by atoms with E-state index in [1.54, 1.807) is 17.9 Å². The zero-order valence-electron chi connectivity index (χ0n) is 16.2. The Morgan fingerprint density at radius 1 is 1.21 bits per heavy atom. The fraction of sp³-hybridized carbons (Fsp3) is 0.364. The second kappa shape index (κ2) is 8.33. The number of amides is 2. The number of benzene rings is 2. The Kier molecular flexibility index (Phi) is 5.62. The summed E-state index contributed by atoms with van der Waals surface area (Å²) in [5.41, 5.74) is 3.08. The van der Waals surface area contributed by atoms with E-state index in [9.17, 15) is 9.59 Å². The van der Waals surface area contributed by atoms with Crippen molar-refractivity contribution in [3.63, 3.8) is 0 Å². The third-order valence-electron chi connectivity index (χ3n) is 5.34. The first-order valence-electron chi connectivity index (χ1n) is 9.72. The van der Waals surface area contributed by atoms with E-state index in [4.69, 9.17) is 21.1 Å². The van der Waals surface area contributed by atoms with Crippen LogP contribution < -0.4 is 14.8 Å². The van der Waals surface area contributed by atoms with Gasteiger partial charge in [0.2, 0.25) is 11.8 Å². The summed E-state index contributed by atoms with van der Waals surface area (Å²) in [6, 6.07) is 11.4. The molecule has 1 N–H and O–H groups in total. The summed E-state index contributed by atoms with van der Waals surface area (Å²) < 4.78 is 11.1. The number of fused-ring (bicyclic) bond motifs is 2. The van der Waals surface area contributed by atoms with Crippen molar-refractivity contribution in [3.05, 3.63) is 58.1 Å². The molecule has 29 heavy (non-hydrogen) atoms. The van der Waals surface area contributed by atoms with E-state index in [1.807, 2.05) is 24.3 Å². The third-order valence-corrected chi connectivity index (χ3v) is 5.62. The summed E-state index contributed by atoms with van der Waals surface area (Å²) in [5, 5.41) is 3.41. The highest BCUT2D eigenvalue weighted by Crippen LogP contribution is 2.38. The first-order valence-corrected chi connectivity index (χ1v) is 10.1. The number of ether oxygens (including phenoxy) is 2. The Morgan fingerprint density at radius 2 is 2.00 bits per heavy atom. The zero-order chi connectivity index (χ0) is 20.4. The van der Waals surface area contributed by atoms with Gasteiger partial charge in [-0.25, -0.2) is 0 Å². The van der Waals surface area contributed by atoms with Crippen LogP contribution in [0.4, 0.5) is 0 Å². The molecular weight excluding hydrogens is 392 g/mol. The van der Waals surface area contributed by atoms with Crippen LogP contribution in [-0.2, 0) is 22.6 Å². The van der Waals surface area contributed by atoms with Crippen molar-refractivity contribution in [1.82, 2.24) is 10.2 Å². The van der Waals surface area contributed by atoms with Gasteiger partial charge < -0.3 is 19.7 Å². The number of nitrogens with zero attached hydrogens (tertiary/aromatic N) is 1. The summed E-state index contributed by atoms with van der Waals surface area (Å²) in [6.45, 7) is 3.45. The topological polar surface area (TPSA) is 67.9 Å². The number of carbonyl (C=O) groups is 2.